The molecule has 0 saturated carbocycles. The van der Waals surface area contributed by atoms with E-state index in [0.29, 0.717) is 16.5 Å². The Morgan fingerprint density at radius 1 is 0.939 bits per heavy atom. The number of nitrogens with zero attached hydrogens (tertiary/aromatic N) is 1. The van der Waals surface area contributed by atoms with Crippen LogP contribution in [-0.2, 0) is 21.4 Å². The van der Waals surface area contributed by atoms with E-state index in [1.165, 1.54) is 44.6 Å². The zero-order valence-corrected chi connectivity index (χ0v) is 20.2. The van der Waals surface area contributed by atoms with E-state index < -0.39 is 22.5 Å². The molecule has 0 aliphatic rings. The fourth-order valence-corrected chi connectivity index (χ4v) is 5.10. The maximum Gasteiger partial charge on any atom is 0.264 e. The van der Waals surface area contributed by atoms with Gasteiger partial charge < -0.3 is 14.8 Å². The quantitative estimate of drug-likeness (QED) is 0.459. The van der Waals surface area contributed by atoms with Crippen LogP contribution in [0.2, 0.25) is 10.0 Å². The van der Waals surface area contributed by atoms with Gasteiger partial charge in [0.05, 0.1) is 29.8 Å². The Kier molecular flexibility index (Phi) is 8.07. The summed E-state index contributed by atoms with van der Waals surface area (Å²) < 4.78 is 38.2. The van der Waals surface area contributed by atoms with Gasteiger partial charge in [-0.25, -0.2) is 8.42 Å². The Morgan fingerprint density at radius 2 is 1.64 bits per heavy atom. The van der Waals surface area contributed by atoms with Gasteiger partial charge in [0, 0.05) is 11.6 Å². The lowest BCUT2D eigenvalue weighted by molar-refractivity contribution is -0.119. The number of sulfonamides is 1. The van der Waals surface area contributed by atoms with Crippen LogP contribution in [0, 0.1) is 0 Å². The van der Waals surface area contributed by atoms with Gasteiger partial charge >= 0.3 is 0 Å². The summed E-state index contributed by atoms with van der Waals surface area (Å²) in [6.45, 7) is -0.321. The van der Waals surface area contributed by atoms with Gasteiger partial charge in [-0.2, -0.15) is 0 Å². The summed E-state index contributed by atoms with van der Waals surface area (Å²) in [5.41, 5.74) is 0.897. The molecule has 0 unspecified atom stereocenters. The highest BCUT2D eigenvalue weighted by Gasteiger charge is 2.28. The molecule has 0 aliphatic carbocycles. The first-order valence-corrected chi connectivity index (χ1v) is 12.0. The van der Waals surface area contributed by atoms with Crippen molar-refractivity contribution in [3.05, 3.63) is 82.3 Å². The molecule has 0 fully saturated rings. The minimum atomic E-state index is -4.08. The molecule has 0 bridgehead atoms. The number of methoxy groups -OCH3 is 2. The van der Waals surface area contributed by atoms with Gasteiger partial charge in [0.1, 0.15) is 6.54 Å². The van der Waals surface area contributed by atoms with Crippen molar-refractivity contribution >= 4 is 44.8 Å². The smallest absolute Gasteiger partial charge is 0.264 e. The molecule has 1 amide bonds. The average molecular weight is 509 g/mol. The summed E-state index contributed by atoms with van der Waals surface area (Å²) in [4.78, 5) is 12.8. The third-order valence-corrected chi connectivity index (χ3v) is 7.05. The number of anilines is 1. The van der Waals surface area contributed by atoms with Crippen molar-refractivity contribution in [2.45, 2.75) is 11.4 Å². The van der Waals surface area contributed by atoms with Crippen LogP contribution in [0.4, 0.5) is 5.69 Å². The van der Waals surface area contributed by atoms with Gasteiger partial charge in [-0.3, -0.25) is 9.10 Å². The zero-order valence-electron chi connectivity index (χ0n) is 17.9. The summed E-state index contributed by atoms with van der Waals surface area (Å²) >= 11 is 12.3. The van der Waals surface area contributed by atoms with Gasteiger partial charge in [0.2, 0.25) is 5.91 Å². The number of carbonyl (C=O) groups is 1. The number of rotatable bonds is 9. The van der Waals surface area contributed by atoms with E-state index in [1.807, 2.05) is 0 Å². The zero-order chi connectivity index (χ0) is 24.0. The van der Waals surface area contributed by atoms with Crippen LogP contribution in [-0.4, -0.2) is 35.1 Å². The van der Waals surface area contributed by atoms with E-state index >= 15 is 0 Å². The van der Waals surface area contributed by atoms with Crippen LogP contribution < -0.4 is 19.1 Å². The number of ether oxygens (including phenoxy) is 2. The first-order chi connectivity index (χ1) is 15.8. The fourth-order valence-electron chi connectivity index (χ4n) is 3.08. The maximum absolute atomic E-state index is 13.4. The van der Waals surface area contributed by atoms with Crippen molar-refractivity contribution in [3.8, 4) is 11.5 Å². The van der Waals surface area contributed by atoms with Crippen molar-refractivity contribution in [2.75, 3.05) is 25.1 Å². The topological polar surface area (TPSA) is 84.9 Å². The van der Waals surface area contributed by atoms with E-state index in [1.54, 1.807) is 36.4 Å². The van der Waals surface area contributed by atoms with Crippen LogP contribution in [0.25, 0.3) is 0 Å². The third-order valence-electron chi connectivity index (χ3n) is 4.73. The lowest BCUT2D eigenvalue weighted by Crippen LogP contribution is -2.40. The number of hydrogen-bond acceptors (Lipinski definition) is 5. The molecule has 1 N–H and O–H groups in total. The van der Waals surface area contributed by atoms with Crippen LogP contribution in [0.1, 0.15) is 5.56 Å². The largest absolute Gasteiger partial charge is 0.493 e. The van der Waals surface area contributed by atoms with E-state index in [9.17, 15) is 13.2 Å². The predicted octanol–water partition coefficient (Wildman–Crippen LogP) is 4.52. The SMILES string of the molecule is COc1ccc(CNC(=O)CN(c2ccc(Cl)cc2Cl)S(=O)(=O)c2ccccc2)cc1OC. The van der Waals surface area contributed by atoms with Crippen LogP contribution in [0.5, 0.6) is 11.5 Å². The molecule has 0 saturated heterocycles. The third kappa shape index (κ3) is 5.90. The van der Waals surface area contributed by atoms with Crippen molar-refractivity contribution < 1.29 is 22.7 Å². The highest BCUT2D eigenvalue weighted by Crippen LogP contribution is 2.32. The molecule has 3 aromatic carbocycles. The second-order valence-corrected chi connectivity index (χ2v) is 9.59. The van der Waals surface area contributed by atoms with E-state index in [-0.39, 0.29) is 22.2 Å². The fraction of sp³-hybridized carbons (Fsp3) is 0.174. The Morgan fingerprint density at radius 3 is 2.27 bits per heavy atom. The molecule has 0 aliphatic heterocycles. The normalized spacial score (nSPS) is 11.0. The minimum Gasteiger partial charge on any atom is -0.493 e. The number of halogens is 2. The number of amides is 1. The molecule has 0 aromatic heterocycles. The molecule has 0 radical (unpaired) electrons. The molecule has 10 heteroatoms. The monoisotopic (exact) mass is 508 g/mol. The average Bonchev–Trinajstić information content (AvgIpc) is 2.82. The second kappa shape index (κ2) is 10.8. The molecular weight excluding hydrogens is 487 g/mol. The van der Waals surface area contributed by atoms with Gasteiger partial charge in [-0.05, 0) is 48.0 Å². The van der Waals surface area contributed by atoms with Crippen molar-refractivity contribution in [2.24, 2.45) is 0 Å². The van der Waals surface area contributed by atoms with E-state index in [2.05, 4.69) is 5.32 Å². The maximum atomic E-state index is 13.4. The Balaban J connectivity index is 1.85. The van der Waals surface area contributed by atoms with Crippen molar-refractivity contribution in [1.29, 1.82) is 0 Å². The number of carbonyl (C=O) groups excluding carboxylic acids is 1. The first-order valence-electron chi connectivity index (χ1n) is 9.76. The molecule has 7 nitrogen and oxygen atoms in total. The summed E-state index contributed by atoms with van der Waals surface area (Å²) in [6.07, 6.45) is 0. The van der Waals surface area contributed by atoms with Gasteiger partial charge in [0.15, 0.2) is 11.5 Å². The highest BCUT2D eigenvalue weighted by molar-refractivity contribution is 7.92. The Labute approximate surface area is 202 Å². The van der Waals surface area contributed by atoms with Crippen LogP contribution in [0.3, 0.4) is 0 Å². The number of nitrogens with one attached hydrogen (secondary N) is 1. The summed E-state index contributed by atoms with van der Waals surface area (Å²) in [5, 5.41) is 3.18. The summed E-state index contributed by atoms with van der Waals surface area (Å²) in [5.74, 6) is 0.561. The molecule has 33 heavy (non-hydrogen) atoms. The molecule has 3 rings (SSSR count). The van der Waals surface area contributed by atoms with Crippen molar-refractivity contribution in [1.82, 2.24) is 5.32 Å². The molecule has 3 aromatic rings. The Bertz CT molecular complexity index is 1240. The second-order valence-electron chi connectivity index (χ2n) is 6.89. The van der Waals surface area contributed by atoms with Gasteiger partial charge in [-0.15, -0.1) is 0 Å². The van der Waals surface area contributed by atoms with Gasteiger partial charge in [0.25, 0.3) is 10.0 Å². The molecular formula is C23H22Cl2N2O5S. The predicted molar refractivity (Wildman–Crippen MR) is 129 cm³/mol. The number of hydrogen-bond donors (Lipinski definition) is 1. The molecule has 0 heterocycles. The van der Waals surface area contributed by atoms with Crippen LogP contribution in [0.15, 0.2) is 71.6 Å². The lowest BCUT2D eigenvalue weighted by Gasteiger charge is -2.25. The molecule has 174 valence electrons. The Hall–Kier alpha value is -2.94. The summed E-state index contributed by atoms with van der Waals surface area (Å²) in [7, 11) is -1.03. The van der Waals surface area contributed by atoms with Gasteiger partial charge in [-0.1, -0.05) is 47.5 Å². The lowest BCUT2D eigenvalue weighted by atomic mass is 10.2. The van der Waals surface area contributed by atoms with E-state index in [4.69, 9.17) is 32.7 Å². The van der Waals surface area contributed by atoms with E-state index in [0.717, 1.165) is 9.87 Å². The van der Waals surface area contributed by atoms with Crippen molar-refractivity contribution in [3.63, 3.8) is 0 Å². The van der Waals surface area contributed by atoms with Crippen LogP contribution >= 0.6 is 23.2 Å². The molecule has 0 atom stereocenters. The standard InChI is InChI=1S/C23H22Cl2N2O5S/c1-31-21-11-8-16(12-22(21)32-2)14-26-23(28)15-27(20-10-9-17(24)13-19(20)25)33(29,30)18-6-4-3-5-7-18/h3-13H,14-15H2,1-2H3,(H,26,28). The highest BCUT2D eigenvalue weighted by atomic mass is 35.5. The first kappa shape index (κ1) is 24.7. The summed E-state index contributed by atoms with van der Waals surface area (Å²) in [6, 6.07) is 17.4. The molecule has 0 spiro atoms. The number of benzene rings is 3. The minimum absolute atomic E-state index is 0.0312.